The number of benzene rings is 22. The SMILES string of the molecule is CC1(C)c2ccccc2-c2c3c1cccc3cc1c2c2c3ccccc3ccc2n1-c1ccc(N(c2ccccc2)c2ccccc2)cc1.CC1(C)c2ccccc2-c2c3c1cccc3cc1c2c2c3ccccc3ccc2n1-c1ccc2oc3ccccc3c2c1.CC1(C)c2ccccc2-c2c3c1cccc3cc1c2c2c3ccccc3ccc2n1-c1ccc2sc3ccccc3c2c1. The quantitative estimate of drug-likeness (QED) is 0.166. The van der Waals surface area contributed by atoms with E-state index in [9.17, 15) is 0 Å². The van der Waals surface area contributed by atoms with Crippen LogP contribution in [0.25, 0.3) is 223 Å². The molecule has 3 aliphatic rings. The first-order chi connectivity index (χ1) is 66.3. The van der Waals surface area contributed by atoms with Crippen LogP contribution in [0.4, 0.5) is 17.1 Å². The van der Waals surface area contributed by atoms with Crippen molar-refractivity contribution in [2.75, 3.05) is 4.90 Å². The fourth-order valence-corrected chi connectivity index (χ4v) is 25.7. The Labute approximate surface area is 784 Å². The maximum atomic E-state index is 6.22. The molecular weight excluding hydrogens is 1650 g/mol. The van der Waals surface area contributed by atoms with E-state index in [0.717, 1.165) is 50.4 Å². The van der Waals surface area contributed by atoms with E-state index in [0.29, 0.717) is 0 Å². The van der Waals surface area contributed by atoms with Gasteiger partial charge in [0.05, 0.1) is 33.1 Å². The molecule has 636 valence electrons. The predicted octanol–water partition coefficient (Wildman–Crippen LogP) is 35.9. The summed E-state index contributed by atoms with van der Waals surface area (Å²) in [5.41, 5.74) is 32.3. The Balaban J connectivity index is 0.000000101. The summed E-state index contributed by atoms with van der Waals surface area (Å²) in [6, 6.07) is 157. The predicted molar refractivity (Wildman–Crippen MR) is 575 cm³/mol. The average Bonchev–Trinajstić information content (AvgIpc) is 1.59. The molecule has 0 bridgehead atoms. The van der Waals surface area contributed by atoms with Gasteiger partial charge in [0.15, 0.2) is 0 Å². The molecule has 0 unspecified atom stereocenters. The van der Waals surface area contributed by atoms with Crippen molar-refractivity contribution in [3.05, 3.63) is 458 Å². The highest BCUT2D eigenvalue weighted by atomic mass is 32.1. The number of rotatable bonds is 6. The lowest BCUT2D eigenvalue weighted by Crippen LogP contribution is -2.23. The van der Waals surface area contributed by atoms with Crippen molar-refractivity contribution < 1.29 is 4.42 Å². The zero-order valence-electron chi connectivity index (χ0n) is 75.5. The van der Waals surface area contributed by atoms with Crippen molar-refractivity contribution >= 4 is 201 Å². The number of furan rings is 1. The topological polar surface area (TPSA) is 31.2 Å². The number of para-hydroxylation sites is 3. The molecule has 0 N–H and O–H groups in total. The molecule has 30 rings (SSSR count). The minimum atomic E-state index is -0.101. The summed E-state index contributed by atoms with van der Waals surface area (Å²) in [5, 5.41) is 28.6. The van der Waals surface area contributed by atoms with Crippen LogP contribution in [0.3, 0.4) is 0 Å². The van der Waals surface area contributed by atoms with E-state index in [1.54, 1.807) is 0 Å². The van der Waals surface area contributed by atoms with E-state index in [4.69, 9.17) is 4.42 Å². The molecule has 6 heteroatoms. The van der Waals surface area contributed by atoms with Gasteiger partial charge in [0.1, 0.15) is 11.2 Å². The van der Waals surface area contributed by atoms with Gasteiger partial charge in [-0.3, -0.25) is 0 Å². The minimum absolute atomic E-state index is 0.0811. The molecule has 3 aliphatic carbocycles. The Kier molecular flexibility index (Phi) is 16.5. The van der Waals surface area contributed by atoms with Crippen molar-refractivity contribution in [2.24, 2.45) is 0 Å². The molecule has 0 atom stereocenters. The Hall–Kier alpha value is -16.4. The molecule has 0 saturated heterocycles. The van der Waals surface area contributed by atoms with Gasteiger partial charge in [0.25, 0.3) is 0 Å². The molecular formula is C129H88N4OS. The van der Waals surface area contributed by atoms with Gasteiger partial charge in [-0.2, -0.15) is 0 Å². The van der Waals surface area contributed by atoms with E-state index in [1.807, 2.05) is 17.4 Å². The van der Waals surface area contributed by atoms with Crippen LogP contribution in [-0.2, 0) is 16.2 Å². The molecule has 5 aromatic heterocycles. The summed E-state index contributed by atoms with van der Waals surface area (Å²) in [4.78, 5) is 2.32. The summed E-state index contributed by atoms with van der Waals surface area (Å²) in [7, 11) is 0. The summed E-state index contributed by atoms with van der Waals surface area (Å²) >= 11 is 1.88. The monoisotopic (exact) mass is 1740 g/mol. The number of nitrogens with zero attached hydrogens (tertiary/aromatic N) is 4. The highest BCUT2D eigenvalue weighted by molar-refractivity contribution is 7.25. The zero-order chi connectivity index (χ0) is 89.6. The average molecular weight is 1740 g/mol. The third-order valence-electron chi connectivity index (χ3n) is 30.6. The summed E-state index contributed by atoms with van der Waals surface area (Å²) < 4.78 is 16.4. The Morgan fingerprint density at radius 3 is 0.985 bits per heavy atom. The van der Waals surface area contributed by atoms with Gasteiger partial charge in [-0.1, -0.05) is 333 Å². The van der Waals surface area contributed by atoms with Crippen molar-refractivity contribution in [1.29, 1.82) is 0 Å². The molecule has 5 heterocycles. The van der Waals surface area contributed by atoms with Crippen molar-refractivity contribution in [2.45, 2.75) is 57.8 Å². The van der Waals surface area contributed by atoms with E-state index in [2.05, 4.69) is 479 Å². The second-order valence-corrected chi connectivity index (χ2v) is 39.9. The number of fused-ring (bicyclic) bond motifs is 30. The van der Waals surface area contributed by atoms with Crippen LogP contribution in [0.15, 0.2) is 429 Å². The minimum Gasteiger partial charge on any atom is -0.456 e. The van der Waals surface area contributed by atoms with Crippen molar-refractivity contribution in [1.82, 2.24) is 13.7 Å². The number of hydrogen-bond acceptors (Lipinski definition) is 3. The van der Waals surface area contributed by atoms with Crippen molar-refractivity contribution in [3.8, 4) is 50.4 Å². The largest absolute Gasteiger partial charge is 0.456 e. The van der Waals surface area contributed by atoms with Gasteiger partial charge in [0, 0.05) is 130 Å². The lowest BCUT2D eigenvalue weighted by atomic mass is 9.68. The van der Waals surface area contributed by atoms with E-state index in [1.165, 1.54) is 223 Å². The Bertz CT molecular complexity index is 9390. The lowest BCUT2D eigenvalue weighted by molar-refractivity contribution is 0.645. The lowest BCUT2D eigenvalue weighted by Gasteiger charge is -2.35. The molecule has 0 radical (unpaired) electrons. The molecule has 27 aromatic rings. The van der Waals surface area contributed by atoms with Gasteiger partial charge < -0.3 is 23.0 Å². The van der Waals surface area contributed by atoms with Gasteiger partial charge >= 0.3 is 0 Å². The number of thiophene rings is 1. The van der Waals surface area contributed by atoms with Gasteiger partial charge in [-0.25, -0.2) is 0 Å². The molecule has 135 heavy (non-hydrogen) atoms. The highest BCUT2D eigenvalue weighted by Crippen LogP contribution is 2.59. The number of hydrogen-bond donors (Lipinski definition) is 0. The first-order valence-corrected chi connectivity index (χ1v) is 48.0. The smallest absolute Gasteiger partial charge is 0.135 e. The van der Waals surface area contributed by atoms with E-state index in [-0.39, 0.29) is 16.2 Å². The van der Waals surface area contributed by atoms with Crippen LogP contribution in [0.2, 0.25) is 0 Å². The summed E-state index contributed by atoms with van der Waals surface area (Å²) in [5.74, 6) is 0. The van der Waals surface area contributed by atoms with Crippen molar-refractivity contribution in [3.63, 3.8) is 0 Å². The highest BCUT2D eigenvalue weighted by Gasteiger charge is 2.40. The van der Waals surface area contributed by atoms with E-state index < -0.39 is 0 Å². The van der Waals surface area contributed by atoms with Crippen LogP contribution < -0.4 is 4.90 Å². The van der Waals surface area contributed by atoms with E-state index >= 15 is 0 Å². The van der Waals surface area contributed by atoms with Gasteiger partial charge in [-0.05, 0) is 248 Å². The van der Waals surface area contributed by atoms with Crippen LogP contribution >= 0.6 is 11.3 Å². The first-order valence-electron chi connectivity index (χ1n) is 47.2. The molecule has 22 aromatic carbocycles. The molecule has 0 saturated carbocycles. The maximum Gasteiger partial charge on any atom is 0.135 e. The van der Waals surface area contributed by atoms with Gasteiger partial charge in [0.2, 0.25) is 0 Å². The van der Waals surface area contributed by atoms with Crippen LogP contribution in [0.1, 0.15) is 74.9 Å². The van der Waals surface area contributed by atoms with Crippen LogP contribution in [0, 0.1) is 0 Å². The molecule has 0 amide bonds. The normalized spacial score (nSPS) is 13.7. The third-order valence-corrected chi connectivity index (χ3v) is 31.8. The van der Waals surface area contributed by atoms with Gasteiger partial charge in [-0.15, -0.1) is 11.3 Å². The number of anilines is 3. The Morgan fingerprint density at radius 1 is 0.207 bits per heavy atom. The Morgan fingerprint density at radius 2 is 0.533 bits per heavy atom. The van der Waals surface area contributed by atoms with Crippen LogP contribution in [-0.4, -0.2) is 13.7 Å². The summed E-state index contributed by atoms with van der Waals surface area (Å²) in [6.45, 7) is 14.3. The maximum absolute atomic E-state index is 6.22. The molecule has 0 aliphatic heterocycles. The first kappa shape index (κ1) is 77.4. The molecule has 0 spiro atoms. The van der Waals surface area contributed by atoms with Crippen LogP contribution in [0.5, 0.6) is 0 Å². The number of aromatic nitrogens is 3. The third kappa shape index (κ3) is 11.1. The zero-order valence-corrected chi connectivity index (χ0v) is 76.3. The standard InChI is InChI=1S/C47H34N2.C41H27NO.C41H27NS/c1-47(2)39-22-12-11-21-38(39)45-43-32(15-13-23-40(43)47)30-42-46(45)44-37-20-10-9-14-31(37)24-29-41(44)49(42)36-27-25-35(26-28-36)48(33-16-5-3-6-17-33)34-18-7-4-8-19-34;2*1-41(2)31-15-7-5-14-29(31)39-37-25(11-9-16-32(37)41)22-34-40(39)38-27-12-4-3-10-24(27)18-20-33(38)42(34)26-19-21-36-30(23-26)28-13-6-8-17-35(28)43-36/h3-30H,1-2H3;2*3-23H,1-2H3. The fraction of sp³-hybridized carbons (Fsp3) is 0.0698. The fourth-order valence-electron chi connectivity index (χ4n) is 24.6. The summed E-state index contributed by atoms with van der Waals surface area (Å²) in [6.07, 6.45) is 0. The second kappa shape index (κ2) is 28.8. The molecule has 0 fully saturated rings. The molecule has 5 nitrogen and oxygen atoms in total. The second-order valence-electron chi connectivity index (χ2n) is 38.8.